The Bertz CT molecular complexity index is 279. The van der Waals surface area contributed by atoms with Crippen LogP contribution < -0.4 is 11.0 Å². The van der Waals surface area contributed by atoms with Crippen LogP contribution in [0.4, 0.5) is 5.95 Å². The van der Waals surface area contributed by atoms with Gasteiger partial charge in [-0.3, -0.25) is 4.98 Å². The van der Waals surface area contributed by atoms with Crippen molar-refractivity contribution in [3.63, 3.8) is 0 Å². The number of anilines is 1. The molecule has 11 heavy (non-hydrogen) atoms. The topological polar surface area (TPSA) is 73.6 Å². The van der Waals surface area contributed by atoms with E-state index in [1.807, 2.05) is 20.8 Å². The van der Waals surface area contributed by atoms with Crippen LogP contribution in [0.25, 0.3) is 0 Å². The minimum absolute atomic E-state index is 0.0852. The van der Waals surface area contributed by atoms with Crippen molar-refractivity contribution in [1.29, 1.82) is 0 Å². The first-order valence-electron chi connectivity index (χ1n) is 3.40. The third-order valence-corrected chi connectivity index (χ3v) is 0.995. The number of aromatic nitrogens is 3. The van der Waals surface area contributed by atoms with Gasteiger partial charge in [0.15, 0.2) is 0 Å². The number of rotatable bonds is 1. The second-order valence-electron chi connectivity index (χ2n) is 3.40. The van der Waals surface area contributed by atoms with E-state index in [9.17, 15) is 4.79 Å². The van der Waals surface area contributed by atoms with Gasteiger partial charge in [0.05, 0.1) is 0 Å². The fourth-order valence-corrected chi connectivity index (χ4v) is 0.685. The molecule has 0 amide bonds. The largest absolute Gasteiger partial charge is 0.350 e. The zero-order chi connectivity index (χ0) is 8.48. The molecule has 5 nitrogen and oxygen atoms in total. The first-order valence-corrected chi connectivity index (χ1v) is 3.40. The Balaban J connectivity index is 2.73. The van der Waals surface area contributed by atoms with E-state index < -0.39 is 0 Å². The van der Waals surface area contributed by atoms with Gasteiger partial charge in [-0.25, -0.2) is 9.89 Å². The number of nitrogens with one attached hydrogen (secondary N) is 3. The Morgan fingerprint density at radius 1 is 1.45 bits per heavy atom. The average molecular weight is 156 g/mol. The van der Waals surface area contributed by atoms with E-state index in [2.05, 4.69) is 20.5 Å². The molecule has 0 saturated heterocycles. The molecule has 0 aromatic carbocycles. The first kappa shape index (κ1) is 7.84. The molecular formula is C6H12N4O. The maximum Gasteiger partial charge on any atom is 0.342 e. The fourth-order valence-electron chi connectivity index (χ4n) is 0.685. The first-order chi connectivity index (χ1) is 4.97. The van der Waals surface area contributed by atoms with E-state index in [1.54, 1.807) is 0 Å². The maximum atomic E-state index is 10.6. The number of aromatic amines is 2. The van der Waals surface area contributed by atoms with Gasteiger partial charge < -0.3 is 5.32 Å². The van der Waals surface area contributed by atoms with E-state index in [4.69, 9.17) is 0 Å². The number of H-pyrrole nitrogens is 2. The molecule has 0 radical (unpaired) electrons. The Hall–Kier alpha value is -1.26. The van der Waals surface area contributed by atoms with Crippen LogP contribution in [0.2, 0.25) is 0 Å². The lowest BCUT2D eigenvalue weighted by Gasteiger charge is -2.18. The highest BCUT2D eigenvalue weighted by molar-refractivity contribution is 5.24. The smallest absolute Gasteiger partial charge is 0.342 e. The highest BCUT2D eigenvalue weighted by atomic mass is 16.1. The summed E-state index contributed by atoms with van der Waals surface area (Å²) < 4.78 is 0. The Morgan fingerprint density at radius 3 is 2.45 bits per heavy atom. The van der Waals surface area contributed by atoms with Crippen molar-refractivity contribution in [2.24, 2.45) is 0 Å². The van der Waals surface area contributed by atoms with Crippen molar-refractivity contribution in [2.75, 3.05) is 5.32 Å². The van der Waals surface area contributed by atoms with Crippen LogP contribution in [0.3, 0.4) is 0 Å². The van der Waals surface area contributed by atoms with Crippen molar-refractivity contribution in [3.05, 3.63) is 10.5 Å². The minimum atomic E-state index is -0.295. The number of hydrogen-bond donors (Lipinski definition) is 3. The number of nitrogens with zero attached hydrogens (tertiary/aromatic N) is 1. The van der Waals surface area contributed by atoms with Gasteiger partial charge in [-0.1, -0.05) is 0 Å². The summed E-state index contributed by atoms with van der Waals surface area (Å²) in [5, 5.41) is 8.97. The fraction of sp³-hybridized carbons (Fsp3) is 0.667. The lowest BCUT2D eigenvalue weighted by molar-refractivity contribution is 0.626. The van der Waals surface area contributed by atoms with E-state index in [1.165, 1.54) is 0 Å². The van der Waals surface area contributed by atoms with Crippen LogP contribution >= 0.6 is 0 Å². The van der Waals surface area contributed by atoms with Crippen molar-refractivity contribution < 1.29 is 0 Å². The molecular weight excluding hydrogens is 144 g/mol. The standard InChI is InChI=1S/C6H12N4O/c1-6(2,3)8-4-7-5(11)10-9-4/h1-3H3,(H3,7,8,9,10,11). The molecule has 0 bridgehead atoms. The van der Waals surface area contributed by atoms with Crippen LogP contribution in [0.5, 0.6) is 0 Å². The van der Waals surface area contributed by atoms with Crippen LogP contribution in [0, 0.1) is 0 Å². The molecule has 0 unspecified atom stereocenters. The van der Waals surface area contributed by atoms with E-state index >= 15 is 0 Å². The summed E-state index contributed by atoms with van der Waals surface area (Å²) in [4.78, 5) is 13.1. The lowest BCUT2D eigenvalue weighted by atomic mass is 10.1. The predicted octanol–water partition coefficient (Wildman–Crippen LogP) is 0.308. The summed E-state index contributed by atoms with van der Waals surface area (Å²) >= 11 is 0. The molecule has 0 atom stereocenters. The summed E-state index contributed by atoms with van der Waals surface area (Å²) in [6, 6.07) is 0. The van der Waals surface area contributed by atoms with Crippen molar-refractivity contribution in [2.45, 2.75) is 26.3 Å². The van der Waals surface area contributed by atoms with Crippen LogP contribution in [0.1, 0.15) is 20.8 Å². The number of hydrogen-bond acceptors (Lipinski definition) is 3. The van der Waals surface area contributed by atoms with Gasteiger partial charge in [-0.15, -0.1) is 5.10 Å². The molecule has 62 valence electrons. The molecule has 0 saturated carbocycles. The van der Waals surface area contributed by atoms with Gasteiger partial charge in [0.2, 0.25) is 5.95 Å². The Labute approximate surface area is 64.2 Å². The minimum Gasteiger partial charge on any atom is -0.350 e. The van der Waals surface area contributed by atoms with Gasteiger partial charge in [0.25, 0.3) is 0 Å². The van der Waals surface area contributed by atoms with E-state index in [0.29, 0.717) is 5.95 Å². The zero-order valence-electron chi connectivity index (χ0n) is 6.86. The van der Waals surface area contributed by atoms with E-state index in [0.717, 1.165) is 0 Å². The summed E-state index contributed by atoms with van der Waals surface area (Å²) in [7, 11) is 0. The third kappa shape index (κ3) is 2.45. The predicted molar refractivity (Wildman–Crippen MR) is 42.6 cm³/mol. The molecule has 1 rings (SSSR count). The van der Waals surface area contributed by atoms with Crippen molar-refractivity contribution in [1.82, 2.24) is 15.2 Å². The molecule has 0 aliphatic heterocycles. The second kappa shape index (κ2) is 2.41. The summed E-state index contributed by atoms with van der Waals surface area (Å²) in [6.45, 7) is 5.96. The van der Waals surface area contributed by atoms with Gasteiger partial charge >= 0.3 is 5.69 Å². The monoisotopic (exact) mass is 156 g/mol. The Kier molecular flexibility index (Phi) is 1.72. The van der Waals surface area contributed by atoms with Gasteiger partial charge in [0, 0.05) is 5.54 Å². The molecule has 1 heterocycles. The summed E-state index contributed by atoms with van der Waals surface area (Å²) in [6.07, 6.45) is 0. The molecule has 1 aromatic heterocycles. The van der Waals surface area contributed by atoms with Crippen LogP contribution in [-0.2, 0) is 0 Å². The van der Waals surface area contributed by atoms with Gasteiger partial charge in [-0.05, 0) is 20.8 Å². The summed E-state index contributed by atoms with van der Waals surface area (Å²) in [5.41, 5.74) is -0.380. The third-order valence-electron chi connectivity index (χ3n) is 0.995. The maximum absolute atomic E-state index is 10.6. The average Bonchev–Trinajstić information content (AvgIpc) is 2.10. The van der Waals surface area contributed by atoms with Crippen molar-refractivity contribution in [3.8, 4) is 0 Å². The van der Waals surface area contributed by atoms with Crippen LogP contribution in [0.15, 0.2) is 4.79 Å². The normalized spacial score (nSPS) is 11.5. The highest BCUT2D eigenvalue weighted by Crippen LogP contribution is 2.05. The van der Waals surface area contributed by atoms with Gasteiger partial charge in [-0.2, -0.15) is 0 Å². The molecule has 5 heteroatoms. The van der Waals surface area contributed by atoms with Crippen molar-refractivity contribution >= 4 is 5.95 Å². The molecule has 0 aliphatic carbocycles. The van der Waals surface area contributed by atoms with Crippen LogP contribution in [-0.4, -0.2) is 20.7 Å². The molecule has 0 spiro atoms. The zero-order valence-corrected chi connectivity index (χ0v) is 6.86. The Morgan fingerprint density at radius 2 is 2.09 bits per heavy atom. The molecule has 0 aliphatic rings. The SMILES string of the molecule is CC(C)(C)Nc1n[nH]c(=O)[nH]1. The highest BCUT2D eigenvalue weighted by Gasteiger charge is 2.10. The second-order valence-corrected chi connectivity index (χ2v) is 3.40. The molecule has 0 fully saturated rings. The quantitative estimate of drug-likeness (QED) is 0.547. The summed E-state index contributed by atoms with van der Waals surface area (Å²) in [5.74, 6) is 0.475. The lowest BCUT2D eigenvalue weighted by Crippen LogP contribution is -2.27. The van der Waals surface area contributed by atoms with E-state index in [-0.39, 0.29) is 11.2 Å². The van der Waals surface area contributed by atoms with Gasteiger partial charge in [0.1, 0.15) is 0 Å². The molecule has 1 aromatic rings. The molecule has 3 N–H and O–H groups in total.